The van der Waals surface area contributed by atoms with Gasteiger partial charge in [0.2, 0.25) is 0 Å². The Hall–Kier alpha value is -2.77. The minimum Gasteiger partial charge on any atom is -0.461 e. The summed E-state index contributed by atoms with van der Waals surface area (Å²) in [6, 6.07) is 1.96. The van der Waals surface area contributed by atoms with Crippen molar-refractivity contribution < 1.29 is 9.53 Å². The molecule has 114 valence electrons. The van der Waals surface area contributed by atoms with Crippen LogP contribution in [0.2, 0.25) is 0 Å². The van der Waals surface area contributed by atoms with Crippen molar-refractivity contribution in [1.82, 2.24) is 29.6 Å². The maximum Gasteiger partial charge on any atom is 0.360 e. The first-order chi connectivity index (χ1) is 10.7. The number of esters is 1. The Morgan fingerprint density at radius 1 is 1.32 bits per heavy atom. The zero-order valence-corrected chi connectivity index (χ0v) is 12.4. The van der Waals surface area contributed by atoms with Crippen LogP contribution in [0.5, 0.6) is 0 Å². The molecule has 8 heteroatoms. The van der Waals surface area contributed by atoms with Gasteiger partial charge in [-0.1, -0.05) is 12.1 Å². The predicted molar refractivity (Wildman–Crippen MR) is 77.4 cm³/mol. The number of carbonyl (C=O) groups excluding carboxylic acids is 1. The first-order valence-electron chi connectivity index (χ1n) is 7.10. The molecule has 0 fully saturated rings. The molecule has 0 aliphatic rings. The fourth-order valence-electron chi connectivity index (χ4n) is 2.19. The lowest BCUT2D eigenvalue weighted by Gasteiger charge is -1.97. The van der Waals surface area contributed by atoms with Crippen molar-refractivity contribution in [1.29, 1.82) is 0 Å². The Bertz CT molecular complexity index is 807. The summed E-state index contributed by atoms with van der Waals surface area (Å²) in [6.07, 6.45) is 6.04. The standard InChI is InChI=1S/C14H16N6O2/c1-3-10-5-6-15-20-8-11(16-13(10)20)7-19-9-12(17-18-19)14(21)22-4-2/h5-6,8-9H,3-4,7H2,1-2H3. The second-order valence-corrected chi connectivity index (χ2v) is 4.73. The van der Waals surface area contributed by atoms with Gasteiger partial charge in [-0.2, -0.15) is 5.10 Å². The number of rotatable bonds is 5. The van der Waals surface area contributed by atoms with Gasteiger partial charge in [-0.15, -0.1) is 5.10 Å². The van der Waals surface area contributed by atoms with Gasteiger partial charge in [0, 0.05) is 6.20 Å². The number of aromatic nitrogens is 6. The van der Waals surface area contributed by atoms with Crippen LogP contribution in [0.3, 0.4) is 0 Å². The summed E-state index contributed by atoms with van der Waals surface area (Å²) in [5.41, 5.74) is 2.96. The Labute approximate surface area is 126 Å². The molecule has 0 spiro atoms. The lowest BCUT2D eigenvalue weighted by molar-refractivity contribution is 0.0519. The van der Waals surface area contributed by atoms with Gasteiger partial charge in [-0.25, -0.2) is 19.0 Å². The van der Waals surface area contributed by atoms with Gasteiger partial charge in [-0.05, 0) is 25.0 Å². The first-order valence-corrected chi connectivity index (χ1v) is 7.10. The van der Waals surface area contributed by atoms with Crippen LogP contribution in [-0.4, -0.2) is 42.2 Å². The number of fused-ring (bicyclic) bond motifs is 1. The summed E-state index contributed by atoms with van der Waals surface area (Å²) < 4.78 is 8.19. The van der Waals surface area contributed by atoms with Crippen molar-refractivity contribution in [3.63, 3.8) is 0 Å². The van der Waals surface area contributed by atoms with Crippen LogP contribution < -0.4 is 0 Å². The zero-order chi connectivity index (χ0) is 15.5. The topological polar surface area (TPSA) is 87.2 Å². The molecule has 0 amide bonds. The Balaban J connectivity index is 1.83. The highest BCUT2D eigenvalue weighted by molar-refractivity contribution is 5.86. The summed E-state index contributed by atoms with van der Waals surface area (Å²) in [4.78, 5) is 16.1. The lowest BCUT2D eigenvalue weighted by atomic mass is 10.2. The van der Waals surface area contributed by atoms with Gasteiger partial charge >= 0.3 is 5.97 Å². The van der Waals surface area contributed by atoms with Gasteiger partial charge in [0.1, 0.15) is 0 Å². The van der Waals surface area contributed by atoms with Gasteiger partial charge in [0.25, 0.3) is 0 Å². The highest BCUT2D eigenvalue weighted by Gasteiger charge is 2.13. The van der Waals surface area contributed by atoms with Crippen molar-refractivity contribution >= 4 is 11.6 Å². The Kier molecular flexibility index (Phi) is 3.82. The molecular formula is C14H16N6O2. The minimum absolute atomic E-state index is 0.193. The summed E-state index contributed by atoms with van der Waals surface area (Å²) in [7, 11) is 0. The predicted octanol–water partition coefficient (Wildman–Crippen LogP) is 1.11. The van der Waals surface area contributed by atoms with Crippen LogP contribution in [0, 0.1) is 0 Å². The third-order valence-electron chi connectivity index (χ3n) is 3.22. The molecular weight excluding hydrogens is 284 g/mol. The summed E-state index contributed by atoms with van der Waals surface area (Å²) in [5, 5.41) is 12.0. The van der Waals surface area contributed by atoms with Crippen LogP contribution in [0.15, 0.2) is 24.7 Å². The normalized spacial score (nSPS) is 11.0. The molecule has 3 rings (SSSR count). The first kappa shape index (κ1) is 14.2. The molecule has 3 heterocycles. The molecule has 0 aliphatic heterocycles. The SMILES string of the molecule is CCOC(=O)c1cn(Cc2cn3nccc(CC)c3n2)nn1. The van der Waals surface area contributed by atoms with Crippen molar-refractivity contribution in [3.8, 4) is 0 Å². The van der Waals surface area contributed by atoms with E-state index < -0.39 is 5.97 Å². The molecule has 0 aromatic carbocycles. The van der Waals surface area contributed by atoms with E-state index in [0.29, 0.717) is 13.2 Å². The summed E-state index contributed by atoms with van der Waals surface area (Å²) >= 11 is 0. The smallest absolute Gasteiger partial charge is 0.360 e. The van der Waals surface area contributed by atoms with E-state index in [9.17, 15) is 4.79 Å². The van der Waals surface area contributed by atoms with E-state index in [2.05, 4.69) is 27.3 Å². The maximum atomic E-state index is 11.6. The minimum atomic E-state index is -0.473. The largest absolute Gasteiger partial charge is 0.461 e. The number of ether oxygens (including phenoxy) is 1. The molecule has 0 aliphatic carbocycles. The number of hydrogen-bond donors (Lipinski definition) is 0. The molecule has 0 bridgehead atoms. The fraction of sp³-hybridized carbons (Fsp3) is 0.357. The average molecular weight is 300 g/mol. The van der Waals surface area contributed by atoms with Crippen LogP contribution in [0.1, 0.15) is 35.6 Å². The quantitative estimate of drug-likeness (QED) is 0.656. The zero-order valence-electron chi connectivity index (χ0n) is 12.4. The molecule has 0 N–H and O–H groups in total. The van der Waals surface area contributed by atoms with E-state index in [-0.39, 0.29) is 5.69 Å². The molecule has 0 saturated carbocycles. The molecule has 0 atom stereocenters. The number of hydrogen-bond acceptors (Lipinski definition) is 6. The highest BCUT2D eigenvalue weighted by atomic mass is 16.5. The molecule has 0 saturated heterocycles. The van der Waals surface area contributed by atoms with Crippen LogP contribution >= 0.6 is 0 Å². The van der Waals surface area contributed by atoms with E-state index >= 15 is 0 Å². The van der Waals surface area contributed by atoms with E-state index in [1.807, 2.05) is 12.3 Å². The van der Waals surface area contributed by atoms with Crippen LogP contribution in [0.4, 0.5) is 0 Å². The van der Waals surface area contributed by atoms with Crippen molar-refractivity contribution in [3.05, 3.63) is 41.6 Å². The number of nitrogens with zero attached hydrogens (tertiary/aromatic N) is 6. The second kappa shape index (κ2) is 5.92. The molecule has 3 aromatic rings. The number of imidazole rings is 1. The summed E-state index contributed by atoms with van der Waals surface area (Å²) in [5.74, 6) is -0.473. The fourth-order valence-corrected chi connectivity index (χ4v) is 2.19. The van der Waals surface area contributed by atoms with E-state index in [1.54, 1.807) is 28.5 Å². The third kappa shape index (κ3) is 2.67. The molecule has 0 radical (unpaired) electrons. The van der Waals surface area contributed by atoms with E-state index in [4.69, 9.17) is 4.74 Å². The Morgan fingerprint density at radius 3 is 2.95 bits per heavy atom. The monoisotopic (exact) mass is 300 g/mol. The molecule has 22 heavy (non-hydrogen) atoms. The molecule has 8 nitrogen and oxygen atoms in total. The third-order valence-corrected chi connectivity index (χ3v) is 3.22. The maximum absolute atomic E-state index is 11.6. The van der Waals surface area contributed by atoms with Gasteiger partial charge in [-0.3, -0.25) is 0 Å². The number of carbonyl (C=O) groups is 1. The van der Waals surface area contributed by atoms with Gasteiger partial charge in [0.05, 0.1) is 31.2 Å². The van der Waals surface area contributed by atoms with Crippen molar-refractivity contribution in [2.45, 2.75) is 26.8 Å². The highest BCUT2D eigenvalue weighted by Crippen LogP contribution is 2.11. The number of aryl methyl sites for hydroxylation is 1. The van der Waals surface area contributed by atoms with Gasteiger partial charge < -0.3 is 4.74 Å². The van der Waals surface area contributed by atoms with E-state index in [1.165, 1.54) is 0 Å². The molecule has 0 unspecified atom stereocenters. The van der Waals surface area contributed by atoms with Crippen molar-refractivity contribution in [2.24, 2.45) is 0 Å². The Morgan fingerprint density at radius 2 is 2.18 bits per heavy atom. The van der Waals surface area contributed by atoms with Crippen molar-refractivity contribution in [2.75, 3.05) is 6.61 Å². The average Bonchev–Trinajstić information content (AvgIpc) is 3.13. The molecule has 3 aromatic heterocycles. The van der Waals surface area contributed by atoms with Crippen LogP contribution in [0.25, 0.3) is 5.65 Å². The van der Waals surface area contributed by atoms with Crippen LogP contribution in [-0.2, 0) is 17.7 Å². The second-order valence-electron chi connectivity index (χ2n) is 4.73. The van der Waals surface area contributed by atoms with E-state index in [0.717, 1.165) is 23.3 Å². The summed E-state index contributed by atoms with van der Waals surface area (Å²) in [6.45, 7) is 4.55. The van der Waals surface area contributed by atoms with Gasteiger partial charge in [0.15, 0.2) is 11.3 Å². The lowest BCUT2D eigenvalue weighted by Crippen LogP contribution is -2.05.